The highest BCUT2D eigenvalue weighted by Gasteiger charge is 2.32. The molecule has 1 aliphatic rings. The summed E-state index contributed by atoms with van der Waals surface area (Å²) in [5.74, 6) is -0.278. The van der Waals surface area contributed by atoms with Crippen molar-refractivity contribution in [3.8, 4) is 0 Å². The first kappa shape index (κ1) is 23.7. The molecule has 10 heteroatoms. The Morgan fingerprint density at radius 1 is 1.10 bits per heavy atom. The fraction of sp³-hybridized carbons (Fsp3) is 0.429. The highest BCUT2D eigenvalue weighted by molar-refractivity contribution is 7.89. The number of benzene rings is 1. The summed E-state index contributed by atoms with van der Waals surface area (Å²) in [6.45, 7) is 8.25. The summed E-state index contributed by atoms with van der Waals surface area (Å²) in [6, 6.07) is 8.13. The van der Waals surface area contributed by atoms with Crippen LogP contribution in [0, 0.1) is 12.3 Å². The fourth-order valence-corrected chi connectivity index (χ4v) is 6.07. The molecule has 0 radical (unpaired) electrons. The van der Waals surface area contributed by atoms with Crippen molar-refractivity contribution in [2.24, 2.45) is 5.41 Å². The maximum atomic E-state index is 13.0. The van der Waals surface area contributed by atoms with Crippen LogP contribution in [0.5, 0.6) is 0 Å². The third-order valence-electron chi connectivity index (χ3n) is 5.01. The first-order valence-corrected chi connectivity index (χ1v) is 12.5. The maximum absolute atomic E-state index is 13.0. The molecule has 3 rings (SSSR count). The van der Waals surface area contributed by atoms with E-state index < -0.39 is 15.4 Å². The summed E-state index contributed by atoms with van der Waals surface area (Å²) < 4.78 is 27.1. The Morgan fingerprint density at radius 2 is 1.71 bits per heavy atom. The smallest absolute Gasteiger partial charge is 0.264 e. The third-order valence-corrected chi connectivity index (χ3v) is 8.55. The Bertz CT molecular complexity index is 1100. The molecular weight excluding hydrogens is 458 g/mol. The van der Waals surface area contributed by atoms with Gasteiger partial charge < -0.3 is 10.2 Å². The molecule has 0 spiro atoms. The Balaban J connectivity index is 1.68. The van der Waals surface area contributed by atoms with Crippen LogP contribution in [0.25, 0.3) is 0 Å². The zero-order chi connectivity index (χ0) is 23.0. The van der Waals surface area contributed by atoms with Crippen LogP contribution in [0.4, 0.5) is 5.00 Å². The molecule has 7 nitrogen and oxygen atoms in total. The molecule has 31 heavy (non-hydrogen) atoms. The normalized spacial score (nSPS) is 15.7. The molecule has 1 aromatic carbocycles. The van der Waals surface area contributed by atoms with E-state index in [4.69, 9.17) is 11.6 Å². The summed E-state index contributed by atoms with van der Waals surface area (Å²) in [4.78, 5) is 27.5. The first-order valence-electron chi connectivity index (χ1n) is 9.87. The zero-order valence-electron chi connectivity index (χ0n) is 17.9. The van der Waals surface area contributed by atoms with E-state index in [1.807, 2.05) is 27.7 Å². The number of nitrogens with one attached hydrogen (secondary N) is 1. The average Bonchev–Trinajstić information content (AvgIpc) is 3.07. The molecule has 1 aromatic heterocycles. The van der Waals surface area contributed by atoms with E-state index in [1.54, 1.807) is 29.2 Å². The molecule has 2 amide bonds. The van der Waals surface area contributed by atoms with Crippen LogP contribution in [0.1, 0.15) is 36.0 Å². The van der Waals surface area contributed by atoms with E-state index in [2.05, 4.69) is 5.32 Å². The highest BCUT2D eigenvalue weighted by atomic mass is 35.5. The largest absolute Gasteiger partial charge is 0.335 e. The minimum Gasteiger partial charge on any atom is -0.335 e. The number of rotatable bonds is 4. The molecular formula is C21H26ClN3O4S2. The second-order valence-corrected chi connectivity index (χ2v) is 11.8. The van der Waals surface area contributed by atoms with Crippen molar-refractivity contribution in [3.63, 3.8) is 0 Å². The van der Waals surface area contributed by atoms with Crippen LogP contribution in [0.15, 0.2) is 35.2 Å². The summed E-state index contributed by atoms with van der Waals surface area (Å²) in [7, 11) is -3.72. The molecule has 0 atom stereocenters. The third kappa shape index (κ3) is 5.11. The van der Waals surface area contributed by atoms with Crippen LogP contribution in [0.2, 0.25) is 5.02 Å². The van der Waals surface area contributed by atoms with E-state index in [9.17, 15) is 18.0 Å². The minimum atomic E-state index is -3.72. The van der Waals surface area contributed by atoms with E-state index in [0.29, 0.717) is 9.88 Å². The van der Waals surface area contributed by atoms with E-state index in [-0.39, 0.29) is 47.9 Å². The number of nitrogens with zero attached hydrogens (tertiary/aromatic N) is 2. The van der Waals surface area contributed by atoms with Gasteiger partial charge in [0.05, 0.1) is 14.9 Å². The topological polar surface area (TPSA) is 86.8 Å². The van der Waals surface area contributed by atoms with Crippen molar-refractivity contribution in [3.05, 3.63) is 45.8 Å². The first-order chi connectivity index (χ1) is 14.4. The summed E-state index contributed by atoms with van der Waals surface area (Å²) in [6.07, 6.45) is 0. The van der Waals surface area contributed by atoms with Gasteiger partial charge in [0.1, 0.15) is 4.90 Å². The van der Waals surface area contributed by atoms with Crippen LogP contribution in [-0.4, -0.2) is 55.6 Å². The van der Waals surface area contributed by atoms with Crippen molar-refractivity contribution in [1.82, 2.24) is 9.21 Å². The van der Waals surface area contributed by atoms with Crippen LogP contribution in [0.3, 0.4) is 0 Å². The molecule has 0 aliphatic carbocycles. The van der Waals surface area contributed by atoms with Gasteiger partial charge in [-0.25, -0.2) is 8.42 Å². The van der Waals surface area contributed by atoms with E-state index in [1.165, 1.54) is 21.7 Å². The second kappa shape index (κ2) is 8.90. The number of aryl methyl sites for hydroxylation is 1. The van der Waals surface area contributed by atoms with Crippen LogP contribution < -0.4 is 5.32 Å². The molecule has 1 aliphatic heterocycles. The molecule has 0 saturated carbocycles. The van der Waals surface area contributed by atoms with E-state index in [0.717, 1.165) is 5.56 Å². The Morgan fingerprint density at radius 3 is 2.29 bits per heavy atom. The Labute approximate surface area is 192 Å². The van der Waals surface area contributed by atoms with Crippen LogP contribution in [-0.2, 0) is 14.8 Å². The predicted molar refractivity (Wildman–Crippen MR) is 123 cm³/mol. The van der Waals surface area contributed by atoms with Gasteiger partial charge in [-0.15, -0.1) is 11.3 Å². The quantitative estimate of drug-likeness (QED) is 0.715. The number of carbonyl (C=O) groups excluding carboxylic acids is 2. The monoisotopic (exact) mass is 483 g/mol. The number of carbonyl (C=O) groups is 2. The second-order valence-electron chi connectivity index (χ2n) is 8.45. The maximum Gasteiger partial charge on any atom is 0.264 e. The molecule has 1 N–H and O–H groups in total. The lowest BCUT2D eigenvalue weighted by molar-refractivity contribution is -0.123. The molecule has 1 fully saturated rings. The van der Waals surface area contributed by atoms with Gasteiger partial charge in [0.2, 0.25) is 15.9 Å². The lowest BCUT2D eigenvalue weighted by Crippen LogP contribution is -2.50. The van der Waals surface area contributed by atoms with Gasteiger partial charge in [-0.05, 0) is 30.7 Å². The molecule has 2 heterocycles. The minimum absolute atomic E-state index is 0.0739. The van der Waals surface area contributed by atoms with Gasteiger partial charge in [-0.3, -0.25) is 9.59 Å². The number of sulfonamides is 1. The van der Waals surface area contributed by atoms with Gasteiger partial charge in [0.15, 0.2) is 0 Å². The molecule has 168 valence electrons. The zero-order valence-corrected chi connectivity index (χ0v) is 20.3. The van der Waals surface area contributed by atoms with Crippen molar-refractivity contribution in [2.75, 3.05) is 31.5 Å². The number of hydrogen-bond donors (Lipinski definition) is 1. The Kier molecular flexibility index (Phi) is 6.81. The van der Waals surface area contributed by atoms with Gasteiger partial charge in [0, 0.05) is 31.6 Å². The number of halogens is 1. The summed E-state index contributed by atoms with van der Waals surface area (Å²) in [5.41, 5.74) is 0.247. The highest BCUT2D eigenvalue weighted by Crippen LogP contribution is 2.30. The summed E-state index contributed by atoms with van der Waals surface area (Å²) >= 11 is 7.31. The van der Waals surface area contributed by atoms with Crippen LogP contribution >= 0.6 is 22.9 Å². The fourth-order valence-electron chi connectivity index (χ4n) is 3.12. The van der Waals surface area contributed by atoms with Crippen molar-refractivity contribution in [2.45, 2.75) is 32.6 Å². The molecule has 0 bridgehead atoms. The lowest BCUT2D eigenvalue weighted by Gasteiger charge is -2.34. The number of anilines is 1. The molecule has 1 saturated heterocycles. The molecule has 2 aromatic rings. The number of amides is 2. The average molecular weight is 484 g/mol. The SMILES string of the molecule is Cc1cc(NC(=O)C(C)(C)C)sc1C(=O)N1CCN(S(=O)(=O)c2ccccc2Cl)CC1. The number of hydrogen-bond acceptors (Lipinski definition) is 5. The van der Waals surface area contributed by atoms with Crippen molar-refractivity contribution < 1.29 is 18.0 Å². The lowest BCUT2D eigenvalue weighted by atomic mass is 9.96. The molecule has 0 unspecified atom stereocenters. The van der Waals surface area contributed by atoms with Gasteiger partial charge in [0.25, 0.3) is 5.91 Å². The van der Waals surface area contributed by atoms with Crippen molar-refractivity contribution >= 4 is 49.8 Å². The predicted octanol–water partition coefficient (Wildman–Crippen LogP) is 3.84. The Hall–Kier alpha value is -1.94. The van der Waals surface area contributed by atoms with Gasteiger partial charge in [-0.1, -0.05) is 44.5 Å². The van der Waals surface area contributed by atoms with E-state index >= 15 is 0 Å². The standard InChI is InChI=1S/C21H26ClN3O4S2/c1-14-13-17(23-20(27)21(2,3)4)30-18(14)19(26)24-9-11-25(12-10-24)31(28,29)16-8-6-5-7-15(16)22/h5-8,13H,9-12H2,1-4H3,(H,23,27). The number of thiophene rings is 1. The van der Waals surface area contributed by atoms with Gasteiger partial charge in [-0.2, -0.15) is 4.31 Å². The summed E-state index contributed by atoms with van der Waals surface area (Å²) in [5, 5.41) is 3.67. The van der Waals surface area contributed by atoms with Crippen molar-refractivity contribution in [1.29, 1.82) is 0 Å². The number of piperazine rings is 1. The van der Waals surface area contributed by atoms with Gasteiger partial charge >= 0.3 is 0 Å².